The van der Waals surface area contributed by atoms with Crippen molar-refractivity contribution in [1.29, 1.82) is 0 Å². The predicted molar refractivity (Wildman–Crippen MR) is 52.7 cm³/mol. The third kappa shape index (κ3) is 6.46. The zero-order chi connectivity index (χ0) is 9.40. The SMILES string of the molecule is CN(C)C(=O)OCCCCCBr. The molecule has 0 aromatic carbocycles. The maximum Gasteiger partial charge on any atom is 0.409 e. The topological polar surface area (TPSA) is 29.5 Å². The molecule has 0 atom stereocenters. The van der Waals surface area contributed by atoms with Gasteiger partial charge in [-0.15, -0.1) is 0 Å². The van der Waals surface area contributed by atoms with Crippen LogP contribution in [0.3, 0.4) is 0 Å². The number of hydrogen-bond donors (Lipinski definition) is 0. The molecule has 0 heterocycles. The normalized spacial score (nSPS) is 9.58. The summed E-state index contributed by atoms with van der Waals surface area (Å²) in [6, 6.07) is 0. The molecule has 0 aliphatic heterocycles. The maximum absolute atomic E-state index is 10.9. The van der Waals surface area contributed by atoms with E-state index in [9.17, 15) is 4.79 Å². The first kappa shape index (κ1) is 11.8. The van der Waals surface area contributed by atoms with Gasteiger partial charge in [0.2, 0.25) is 0 Å². The summed E-state index contributed by atoms with van der Waals surface area (Å²) in [7, 11) is 3.36. The summed E-state index contributed by atoms with van der Waals surface area (Å²) in [5.74, 6) is 0. The Kier molecular flexibility index (Phi) is 7.25. The van der Waals surface area contributed by atoms with E-state index in [0.29, 0.717) is 6.61 Å². The van der Waals surface area contributed by atoms with Crippen LogP contribution < -0.4 is 0 Å². The van der Waals surface area contributed by atoms with Gasteiger partial charge < -0.3 is 9.64 Å². The Morgan fingerprint density at radius 2 is 2.00 bits per heavy atom. The molecular formula is C8H16BrNO2. The highest BCUT2D eigenvalue weighted by Crippen LogP contribution is 1.99. The number of carbonyl (C=O) groups excluding carboxylic acids is 1. The van der Waals surface area contributed by atoms with E-state index in [-0.39, 0.29) is 6.09 Å². The monoisotopic (exact) mass is 237 g/mol. The van der Waals surface area contributed by atoms with E-state index < -0.39 is 0 Å². The van der Waals surface area contributed by atoms with Crippen molar-refractivity contribution < 1.29 is 9.53 Å². The van der Waals surface area contributed by atoms with Gasteiger partial charge in [0.25, 0.3) is 0 Å². The number of amides is 1. The Hall–Kier alpha value is -0.250. The van der Waals surface area contributed by atoms with Crippen LogP contribution in [0.4, 0.5) is 4.79 Å². The van der Waals surface area contributed by atoms with Gasteiger partial charge in [-0.05, 0) is 19.3 Å². The lowest BCUT2D eigenvalue weighted by Crippen LogP contribution is -2.23. The number of rotatable bonds is 5. The second-order valence-electron chi connectivity index (χ2n) is 2.76. The summed E-state index contributed by atoms with van der Waals surface area (Å²) < 4.78 is 4.92. The Balaban J connectivity index is 3.14. The summed E-state index contributed by atoms with van der Waals surface area (Å²) in [4.78, 5) is 12.3. The van der Waals surface area contributed by atoms with E-state index >= 15 is 0 Å². The minimum absolute atomic E-state index is 0.256. The molecule has 0 saturated carbocycles. The largest absolute Gasteiger partial charge is 0.449 e. The molecule has 0 aliphatic rings. The van der Waals surface area contributed by atoms with E-state index in [1.54, 1.807) is 14.1 Å². The van der Waals surface area contributed by atoms with E-state index in [2.05, 4.69) is 15.9 Å². The zero-order valence-electron chi connectivity index (χ0n) is 7.68. The lowest BCUT2D eigenvalue weighted by molar-refractivity contribution is 0.116. The summed E-state index contributed by atoms with van der Waals surface area (Å²) in [5, 5.41) is 1.02. The van der Waals surface area contributed by atoms with Crippen LogP contribution in [0.1, 0.15) is 19.3 Å². The van der Waals surface area contributed by atoms with Crippen molar-refractivity contribution in [1.82, 2.24) is 4.90 Å². The molecule has 0 unspecified atom stereocenters. The zero-order valence-corrected chi connectivity index (χ0v) is 9.26. The molecule has 0 bridgehead atoms. The smallest absolute Gasteiger partial charge is 0.409 e. The number of unbranched alkanes of at least 4 members (excludes halogenated alkanes) is 2. The summed E-state index contributed by atoms with van der Waals surface area (Å²) >= 11 is 3.34. The third-order valence-electron chi connectivity index (χ3n) is 1.37. The minimum Gasteiger partial charge on any atom is -0.449 e. The molecular weight excluding hydrogens is 222 g/mol. The number of halogens is 1. The second kappa shape index (κ2) is 7.40. The first-order valence-corrected chi connectivity index (χ1v) is 5.20. The Morgan fingerprint density at radius 3 is 2.50 bits per heavy atom. The molecule has 0 N–H and O–H groups in total. The number of alkyl halides is 1. The van der Waals surface area contributed by atoms with Crippen molar-refractivity contribution >= 4 is 22.0 Å². The highest BCUT2D eigenvalue weighted by molar-refractivity contribution is 9.09. The number of nitrogens with zero attached hydrogens (tertiary/aromatic N) is 1. The van der Waals surface area contributed by atoms with Crippen LogP contribution in [0.5, 0.6) is 0 Å². The van der Waals surface area contributed by atoms with Crippen molar-refractivity contribution in [2.24, 2.45) is 0 Å². The van der Waals surface area contributed by atoms with Gasteiger partial charge in [-0.3, -0.25) is 0 Å². The van der Waals surface area contributed by atoms with Gasteiger partial charge in [0, 0.05) is 19.4 Å². The van der Waals surface area contributed by atoms with Gasteiger partial charge in [-0.25, -0.2) is 4.79 Å². The first-order chi connectivity index (χ1) is 5.68. The average molecular weight is 238 g/mol. The highest BCUT2D eigenvalue weighted by Gasteiger charge is 2.02. The lowest BCUT2D eigenvalue weighted by Gasteiger charge is -2.10. The van der Waals surface area contributed by atoms with E-state index in [1.807, 2.05) is 0 Å². The van der Waals surface area contributed by atoms with Crippen LogP contribution in [0.25, 0.3) is 0 Å². The molecule has 1 amide bonds. The molecule has 0 radical (unpaired) electrons. The van der Waals surface area contributed by atoms with E-state index in [1.165, 1.54) is 4.90 Å². The van der Waals surface area contributed by atoms with Crippen LogP contribution in [-0.2, 0) is 4.74 Å². The van der Waals surface area contributed by atoms with E-state index in [4.69, 9.17) is 4.74 Å². The molecule has 12 heavy (non-hydrogen) atoms. The molecule has 0 spiro atoms. The van der Waals surface area contributed by atoms with Crippen LogP contribution in [0, 0.1) is 0 Å². The van der Waals surface area contributed by atoms with Crippen molar-refractivity contribution in [2.45, 2.75) is 19.3 Å². The molecule has 0 saturated heterocycles. The summed E-state index contributed by atoms with van der Waals surface area (Å²) in [6.45, 7) is 0.532. The summed E-state index contributed by atoms with van der Waals surface area (Å²) in [5.41, 5.74) is 0. The van der Waals surface area contributed by atoms with Gasteiger partial charge in [0.05, 0.1) is 6.61 Å². The van der Waals surface area contributed by atoms with E-state index in [0.717, 1.165) is 24.6 Å². The second-order valence-corrected chi connectivity index (χ2v) is 3.55. The standard InChI is InChI=1S/C8H16BrNO2/c1-10(2)8(11)12-7-5-3-4-6-9/h3-7H2,1-2H3. The van der Waals surface area contributed by atoms with Gasteiger partial charge in [-0.1, -0.05) is 15.9 Å². The van der Waals surface area contributed by atoms with Gasteiger partial charge >= 0.3 is 6.09 Å². The van der Waals surface area contributed by atoms with Crippen LogP contribution >= 0.6 is 15.9 Å². The quantitative estimate of drug-likeness (QED) is 0.543. The van der Waals surface area contributed by atoms with Crippen molar-refractivity contribution in [2.75, 3.05) is 26.0 Å². The number of ether oxygens (including phenoxy) is 1. The van der Waals surface area contributed by atoms with Crippen molar-refractivity contribution in [3.8, 4) is 0 Å². The Morgan fingerprint density at radius 1 is 1.33 bits per heavy atom. The molecule has 72 valence electrons. The first-order valence-electron chi connectivity index (χ1n) is 4.08. The van der Waals surface area contributed by atoms with Gasteiger partial charge in [0.15, 0.2) is 0 Å². The fourth-order valence-corrected chi connectivity index (χ4v) is 1.06. The fraction of sp³-hybridized carbons (Fsp3) is 0.875. The Bertz CT molecular complexity index is 128. The predicted octanol–water partition coefficient (Wildman–Crippen LogP) is 2.25. The minimum atomic E-state index is -0.256. The Labute approximate surface area is 82.2 Å². The number of carbonyl (C=O) groups is 1. The molecule has 3 nitrogen and oxygen atoms in total. The van der Waals surface area contributed by atoms with Gasteiger partial charge in [-0.2, -0.15) is 0 Å². The van der Waals surface area contributed by atoms with Crippen LogP contribution in [0.2, 0.25) is 0 Å². The molecule has 0 aromatic rings. The third-order valence-corrected chi connectivity index (χ3v) is 1.93. The highest BCUT2D eigenvalue weighted by atomic mass is 79.9. The molecule has 0 fully saturated rings. The lowest BCUT2D eigenvalue weighted by atomic mass is 10.3. The molecule has 0 aliphatic carbocycles. The van der Waals surface area contributed by atoms with Crippen molar-refractivity contribution in [3.63, 3.8) is 0 Å². The number of hydrogen-bond acceptors (Lipinski definition) is 2. The molecule has 4 heteroatoms. The van der Waals surface area contributed by atoms with Crippen LogP contribution in [0.15, 0.2) is 0 Å². The maximum atomic E-state index is 10.9. The average Bonchev–Trinajstić information content (AvgIpc) is 2.03. The fourth-order valence-electron chi connectivity index (χ4n) is 0.662. The molecule has 0 aromatic heterocycles. The molecule has 0 rings (SSSR count). The van der Waals surface area contributed by atoms with Crippen molar-refractivity contribution in [3.05, 3.63) is 0 Å². The van der Waals surface area contributed by atoms with Crippen LogP contribution in [-0.4, -0.2) is 37.0 Å². The summed E-state index contributed by atoms with van der Waals surface area (Å²) in [6.07, 6.45) is 2.94. The van der Waals surface area contributed by atoms with Gasteiger partial charge in [0.1, 0.15) is 0 Å².